The third kappa shape index (κ3) is 3.30. The molecule has 0 bridgehead atoms. The number of carbonyl (C=O) groups excluding carboxylic acids is 3. The van der Waals surface area contributed by atoms with Crippen LogP contribution >= 0.6 is 11.8 Å². The van der Waals surface area contributed by atoms with Crippen LogP contribution in [0.2, 0.25) is 0 Å². The summed E-state index contributed by atoms with van der Waals surface area (Å²) in [7, 11) is 1.48. The average molecular weight is 369 g/mol. The van der Waals surface area contributed by atoms with E-state index in [1.807, 2.05) is 44.2 Å². The van der Waals surface area contributed by atoms with Crippen LogP contribution in [0.5, 0.6) is 0 Å². The molecule has 26 heavy (non-hydrogen) atoms. The molecule has 1 saturated heterocycles. The van der Waals surface area contributed by atoms with Gasteiger partial charge in [0.15, 0.2) is 0 Å². The summed E-state index contributed by atoms with van der Waals surface area (Å²) in [5, 5.41) is 2.48. The Morgan fingerprint density at radius 3 is 2.35 bits per heavy atom. The van der Waals surface area contributed by atoms with Gasteiger partial charge in [-0.1, -0.05) is 0 Å². The Balaban J connectivity index is 1.95. The Hall–Kier alpha value is -2.80. The molecule has 2 heterocycles. The van der Waals surface area contributed by atoms with Gasteiger partial charge in [0.1, 0.15) is 0 Å². The van der Waals surface area contributed by atoms with Gasteiger partial charge in [0.05, 0.1) is 4.91 Å². The highest BCUT2D eigenvalue weighted by Gasteiger charge is 2.32. The van der Waals surface area contributed by atoms with Gasteiger partial charge in [0, 0.05) is 36.7 Å². The molecule has 0 atom stereocenters. The molecule has 0 radical (unpaired) electrons. The summed E-state index contributed by atoms with van der Waals surface area (Å²) in [5.74, 6) is -0.386. The molecule has 3 amide bonds. The van der Waals surface area contributed by atoms with Crippen molar-refractivity contribution in [2.75, 3.05) is 12.4 Å². The second-order valence-corrected chi connectivity index (χ2v) is 7.12. The van der Waals surface area contributed by atoms with Crippen molar-refractivity contribution < 1.29 is 14.4 Å². The Bertz CT molecular complexity index is 942. The fraction of sp³-hybridized carbons (Fsp3) is 0.211. The summed E-state index contributed by atoms with van der Waals surface area (Å²) >= 11 is 0.953. The maximum atomic E-state index is 12.1. The quantitative estimate of drug-likeness (QED) is 0.837. The van der Waals surface area contributed by atoms with Crippen LogP contribution in [0.15, 0.2) is 35.2 Å². The third-order valence-electron chi connectivity index (χ3n) is 4.19. The minimum atomic E-state index is -0.274. The fourth-order valence-electron chi connectivity index (χ4n) is 2.91. The largest absolute Gasteiger partial charge is 0.326 e. The predicted octanol–water partition coefficient (Wildman–Crippen LogP) is 3.72. The van der Waals surface area contributed by atoms with Crippen molar-refractivity contribution in [2.45, 2.75) is 20.8 Å². The molecule has 7 heteroatoms. The van der Waals surface area contributed by atoms with Crippen LogP contribution in [0, 0.1) is 13.8 Å². The molecule has 1 fully saturated rings. The smallest absolute Gasteiger partial charge is 0.293 e. The van der Waals surface area contributed by atoms with Gasteiger partial charge in [-0.3, -0.25) is 19.3 Å². The van der Waals surface area contributed by atoms with Gasteiger partial charge in [-0.15, -0.1) is 0 Å². The molecular formula is C19H19N3O3S. The standard InChI is InChI=1S/C19H19N3O3S/c1-11-9-14(10-17-18(24)21(4)19(25)26-17)12(2)22(11)16-7-5-15(6-8-16)20-13(3)23/h5-10H,1-4H3,(H,20,23)/b17-10-. The number of nitrogens with zero attached hydrogens (tertiary/aromatic N) is 2. The van der Waals surface area contributed by atoms with Crippen molar-refractivity contribution in [3.63, 3.8) is 0 Å². The lowest BCUT2D eigenvalue weighted by Gasteiger charge is -2.11. The van der Waals surface area contributed by atoms with Gasteiger partial charge >= 0.3 is 0 Å². The minimum absolute atomic E-state index is 0.113. The van der Waals surface area contributed by atoms with Gasteiger partial charge in [-0.05, 0) is 67.6 Å². The molecule has 0 aliphatic carbocycles. The summed E-state index contributed by atoms with van der Waals surface area (Å²) in [6.45, 7) is 5.42. The van der Waals surface area contributed by atoms with E-state index in [1.54, 1.807) is 6.08 Å². The number of amides is 3. The first-order chi connectivity index (χ1) is 12.3. The van der Waals surface area contributed by atoms with E-state index in [4.69, 9.17) is 0 Å². The maximum Gasteiger partial charge on any atom is 0.293 e. The zero-order valence-electron chi connectivity index (χ0n) is 15.0. The van der Waals surface area contributed by atoms with Gasteiger partial charge in [-0.2, -0.15) is 0 Å². The van der Waals surface area contributed by atoms with Crippen molar-refractivity contribution in [1.29, 1.82) is 0 Å². The van der Waals surface area contributed by atoms with E-state index < -0.39 is 0 Å². The molecule has 3 rings (SSSR count). The molecule has 134 valence electrons. The van der Waals surface area contributed by atoms with Crippen LogP contribution < -0.4 is 5.32 Å². The lowest BCUT2D eigenvalue weighted by atomic mass is 10.2. The van der Waals surface area contributed by atoms with Gasteiger partial charge in [0.25, 0.3) is 11.1 Å². The Morgan fingerprint density at radius 2 is 1.81 bits per heavy atom. The van der Waals surface area contributed by atoms with E-state index in [2.05, 4.69) is 9.88 Å². The fourth-order valence-corrected chi connectivity index (χ4v) is 3.73. The van der Waals surface area contributed by atoms with Crippen molar-refractivity contribution in [2.24, 2.45) is 0 Å². The molecule has 1 aromatic carbocycles. The minimum Gasteiger partial charge on any atom is -0.326 e. The number of aryl methyl sites for hydroxylation is 1. The normalized spacial score (nSPS) is 15.8. The van der Waals surface area contributed by atoms with Gasteiger partial charge in [-0.25, -0.2) is 0 Å². The predicted molar refractivity (Wildman–Crippen MR) is 103 cm³/mol. The highest BCUT2D eigenvalue weighted by Crippen LogP contribution is 2.32. The second kappa shape index (κ2) is 6.84. The van der Waals surface area contributed by atoms with Crippen LogP contribution in [0.4, 0.5) is 10.5 Å². The topological polar surface area (TPSA) is 71.4 Å². The molecule has 1 aliphatic rings. The third-order valence-corrected chi connectivity index (χ3v) is 5.15. The summed E-state index contributed by atoms with van der Waals surface area (Å²) < 4.78 is 2.07. The number of anilines is 1. The summed E-state index contributed by atoms with van der Waals surface area (Å²) in [4.78, 5) is 36.4. The number of rotatable bonds is 3. The van der Waals surface area contributed by atoms with Gasteiger partial charge in [0.2, 0.25) is 5.91 Å². The number of hydrogen-bond donors (Lipinski definition) is 1. The first-order valence-electron chi connectivity index (χ1n) is 8.06. The summed E-state index contributed by atoms with van der Waals surface area (Å²) in [5.41, 5.74) is 4.57. The number of imide groups is 1. The number of nitrogens with one attached hydrogen (secondary N) is 1. The van der Waals surface area contributed by atoms with E-state index in [0.29, 0.717) is 4.91 Å². The molecule has 1 N–H and O–H groups in total. The molecule has 0 saturated carbocycles. The first kappa shape index (κ1) is 18.0. The van der Waals surface area contributed by atoms with Crippen LogP contribution in [0.1, 0.15) is 23.9 Å². The summed E-state index contributed by atoms with van der Waals surface area (Å²) in [6.07, 6.45) is 1.76. The van der Waals surface area contributed by atoms with Crippen molar-refractivity contribution in [3.05, 3.63) is 52.2 Å². The van der Waals surface area contributed by atoms with Crippen LogP contribution in [-0.4, -0.2) is 33.6 Å². The van der Waals surface area contributed by atoms with Crippen molar-refractivity contribution >= 4 is 40.6 Å². The zero-order chi connectivity index (χ0) is 19.0. The van der Waals surface area contributed by atoms with E-state index in [-0.39, 0.29) is 17.1 Å². The van der Waals surface area contributed by atoms with Crippen LogP contribution in [0.3, 0.4) is 0 Å². The molecule has 6 nitrogen and oxygen atoms in total. The Morgan fingerprint density at radius 1 is 1.15 bits per heavy atom. The summed E-state index contributed by atoms with van der Waals surface area (Å²) in [6, 6.07) is 9.53. The Kier molecular flexibility index (Phi) is 4.73. The molecule has 0 unspecified atom stereocenters. The molecule has 2 aromatic rings. The number of aromatic nitrogens is 1. The van der Waals surface area contributed by atoms with E-state index >= 15 is 0 Å². The highest BCUT2D eigenvalue weighted by atomic mass is 32.2. The lowest BCUT2D eigenvalue weighted by Crippen LogP contribution is -2.22. The highest BCUT2D eigenvalue weighted by molar-refractivity contribution is 8.18. The maximum absolute atomic E-state index is 12.1. The molecule has 0 spiro atoms. The van der Waals surface area contributed by atoms with E-state index in [0.717, 1.165) is 45.0 Å². The molecule has 1 aromatic heterocycles. The van der Waals surface area contributed by atoms with Crippen LogP contribution in [0.25, 0.3) is 11.8 Å². The number of benzene rings is 1. The Labute approximate surface area is 155 Å². The molecule has 1 aliphatic heterocycles. The SMILES string of the molecule is CC(=O)Nc1ccc(-n2c(C)cc(/C=C3\SC(=O)N(C)C3=O)c2C)cc1. The monoisotopic (exact) mass is 369 g/mol. The first-order valence-corrected chi connectivity index (χ1v) is 8.88. The average Bonchev–Trinajstić information content (AvgIpc) is 2.99. The number of likely N-dealkylation sites (N-methyl/N-ethyl adjacent to an activating group) is 1. The van der Waals surface area contributed by atoms with Crippen molar-refractivity contribution in [1.82, 2.24) is 9.47 Å². The van der Waals surface area contributed by atoms with E-state index in [1.165, 1.54) is 14.0 Å². The molecular weight excluding hydrogens is 350 g/mol. The number of carbonyl (C=O) groups is 3. The van der Waals surface area contributed by atoms with Crippen molar-refractivity contribution in [3.8, 4) is 5.69 Å². The van der Waals surface area contributed by atoms with E-state index in [9.17, 15) is 14.4 Å². The second-order valence-electron chi connectivity index (χ2n) is 6.13. The zero-order valence-corrected chi connectivity index (χ0v) is 15.8. The van der Waals surface area contributed by atoms with Crippen LogP contribution in [-0.2, 0) is 9.59 Å². The number of thioether (sulfide) groups is 1. The number of hydrogen-bond acceptors (Lipinski definition) is 4. The van der Waals surface area contributed by atoms with Gasteiger partial charge < -0.3 is 9.88 Å². The lowest BCUT2D eigenvalue weighted by molar-refractivity contribution is -0.121.